The van der Waals surface area contributed by atoms with E-state index in [9.17, 15) is 4.79 Å². The van der Waals surface area contributed by atoms with Crippen LogP contribution in [0.25, 0.3) is 0 Å². The molecular formula is C9H16N4O2S. The summed E-state index contributed by atoms with van der Waals surface area (Å²) in [5.74, 6) is -0.0604. The second-order valence-electron chi connectivity index (χ2n) is 3.21. The Morgan fingerprint density at radius 1 is 1.62 bits per heavy atom. The topological polar surface area (TPSA) is 90.1 Å². The van der Waals surface area contributed by atoms with E-state index in [2.05, 4.69) is 15.5 Å². The summed E-state index contributed by atoms with van der Waals surface area (Å²) < 4.78 is 5.09. The molecule has 0 saturated carbocycles. The summed E-state index contributed by atoms with van der Waals surface area (Å²) in [5.41, 5.74) is 5.46. The number of hydrogen-bond acceptors (Lipinski definition) is 6. The maximum absolute atomic E-state index is 11.4. The van der Waals surface area contributed by atoms with Gasteiger partial charge in [0.25, 0.3) is 0 Å². The molecule has 1 amide bonds. The molecule has 3 N–H and O–H groups in total. The van der Waals surface area contributed by atoms with E-state index in [0.29, 0.717) is 29.8 Å². The van der Waals surface area contributed by atoms with Crippen molar-refractivity contribution in [1.82, 2.24) is 15.5 Å². The first-order valence-corrected chi connectivity index (χ1v) is 5.91. The highest BCUT2D eigenvalue weighted by molar-refractivity contribution is 7.15. The van der Waals surface area contributed by atoms with E-state index in [0.717, 1.165) is 0 Å². The van der Waals surface area contributed by atoms with Crippen LogP contribution >= 0.6 is 11.3 Å². The van der Waals surface area contributed by atoms with E-state index in [1.165, 1.54) is 11.3 Å². The summed E-state index contributed by atoms with van der Waals surface area (Å²) in [7, 11) is 0. The van der Waals surface area contributed by atoms with Crippen LogP contribution in [0.2, 0.25) is 0 Å². The summed E-state index contributed by atoms with van der Waals surface area (Å²) >= 11 is 1.28. The van der Waals surface area contributed by atoms with Crippen LogP contribution in [-0.2, 0) is 9.53 Å². The van der Waals surface area contributed by atoms with Gasteiger partial charge in [-0.2, -0.15) is 0 Å². The summed E-state index contributed by atoms with van der Waals surface area (Å²) in [5, 5.41) is 11.5. The largest absolute Gasteiger partial charge is 0.381 e. The van der Waals surface area contributed by atoms with Gasteiger partial charge in [-0.25, -0.2) is 0 Å². The van der Waals surface area contributed by atoms with Crippen LogP contribution < -0.4 is 11.1 Å². The number of rotatable bonds is 6. The zero-order valence-corrected chi connectivity index (χ0v) is 10.2. The molecule has 1 aromatic rings. The molecule has 1 rings (SSSR count). The Kier molecular flexibility index (Phi) is 5.13. The minimum atomic E-state index is -0.163. The molecular weight excluding hydrogens is 228 g/mol. The lowest BCUT2D eigenvalue weighted by Crippen LogP contribution is -2.27. The number of nitrogen functional groups attached to an aromatic ring is 1. The molecule has 6 nitrogen and oxygen atoms in total. The van der Waals surface area contributed by atoms with Gasteiger partial charge >= 0.3 is 0 Å². The van der Waals surface area contributed by atoms with Crippen LogP contribution in [0.1, 0.15) is 31.3 Å². The van der Waals surface area contributed by atoms with Crippen molar-refractivity contribution < 1.29 is 9.53 Å². The van der Waals surface area contributed by atoms with Crippen LogP contribution in [0, 0.1) is 0 Å². The summed E-state index contributed by atoms with van der Waals surface area (Å²) in [6.07, 6.45) is 0.354. The van der Waals surface area contributed by atoms with Crippen molar-refractivity contribution >= 4 is 22.4 Å². The smallest absolute Gasteiger partial charge is 0.222 e. The lowest BCUT2D eigenvalue weighted by Gasteiger charge is -2.10. The Balaban J connectivity index is 2.33. The molecule has 90 valence electrons. The third-order valence-corrected chi connectivity index (χ3v) is 2.82. The zero-order chi connectivity index (χ0) is 12.0. The van der Waals surface area contributed by atoms with Gasteiger partial charge in [-0.15, -0.1) is 10.2 Å². The summed E-state index contributed by atoms with van der Waals surface area (Å²) in [6.45, 7) is 4.80. The number of carbonyl (C=O) groups is 1. The van der Waals surface area contributed by atoms with Crippen molar-refractivity contribution in [2.75, 3.05) is 18.9 Å². The molecule has 0 unspecified atom stereocenters. The number of nitrogens with zero attached hydrogens (tertiary/aromatic N) is 2. The molecule has 16 heavy (non-hydrogen) atoms. The fourth-order valence-electron chi connectivity index (χ4n) is 1.11. The standard InChI is InChI=1S/C9H16N4O2S/c1-3-15-5-4-7(14)11-6(2)8-12-13-9(10)16-8/h6H,3-5H2,1-2H3,(H2,10,13)(H,11,14)/t6-/m0/s1. The molecule has 0 radical (unpaired) electrons. The van der Waals surface area contributed by atoms with Gasteiger partial charge in [0.05, 0.1) is 12.6 Å². The van der Waals surface area contributed by atoms with Gasteiger partial charge in [-0.05, 0) is 13.8 Å². The number of amides is 1. The van der Waals surface area contributed by atoms with E-state index in [1.54, 1.807) is 0 Å². The highest BCUT2D eigenvalue weighted by atomic mass is 32.1. The number of ether oxygens (including phenoxy) is 1. The summed E-state index contributed by atoms with van der Waals surface area (Å²) in [4.78, 5) is 11.4. The molecule has 0 aromatic carbocycles. The molecule has 0 aliphatic rings. The fourth-order valence-corrected chi connectivity index (χ4v) is 1.72. The van der Waals surface area contributed by atoms with E-state index >= 15 is 0 Å². The van der Waals surface area contributed by atoms with Gasteiger partial charge in [0.2, 0.25) is 11.0 Å². The molecule has 0 fully saturated rings. The third kappa shape index (κ3) is 4.11. The minimum absolute atomic E-state index is 0.0604. The van der Waals surface area contributed by atoms with Crippen molar-refractivity contribution in [2.45, 2.75) is 26.3 Å². The first-order chi connectivity index (χ1) is 7.63. The number of anilines is 1. The SMILES string of the molecule is CCOCCC(=O)N[C@@H](C)c1nnc(N)s1. The average molecular weight is 244 g/mol. The Bertz CT molecular complexity index is 342. The van der Waals surface area contributed by atoms with Gasteiger partial charge in [-0.1, -0.05) is 11.3 Å². The van der Waals surface area contributed by atoms with E-state index in [-0.39, 0.29) is 11.9 Å². The van der Waals surface area contributed by atoms with Crippen molar-refractivity contribution in [1.29, 1.82) is 0 Å². The summed E-state index contributed by atoms with van der Waals surface area (Å²) in [6, 6.07) is -0.163. The Hall–Kier alpha value is -1.21. The van der Waals surface area contributed by atoms with Crippen LogP contribution in [0.15, 0.2) is 0 Å². The van der Waals surface area contributed by atoms with Gasteiger partial charge in [0, 0.05) is 13.0 Å². The highest BCUT2D eigenvalue weighted by Gasteiger charge is 2.13. The molecule has 0 saturated heterocycles. The minimum Gasteiger partial charge on any atom is -0.381 e. The van der Waals surface area contributed by atoms with Gasteiger partial charge < -0.3 is 15.8 Å². The van der Waals surface area contributed by atoms with Crippen LogP contribution in [0.3, 0.4) is 0 Å². The van der Waals surface area contributed by atoms with E-state index in [4.69, 9.17) is 10.5 Å². The van der Waals surface area contributed by atoms with Crippen LogP contribution in [-0.4, -0.2) is 29.3 Å². The first kappa shape index (κ1) is 12.9. The lowest BCUT2D eigenvalue weighted by molar-refractivity contribution is -0.122. The number of aromatic nitrogens is 2. The van der Waals surface area contributed by atoms with E-state index < -0.39 is 0 Å². The number of hydrogen-bond donors (Lipinski definition) is 2. The molecule has 0 aliphatic carbocycles. The van der Waals surface area contributed by atoms with Gasteiger partial charge in [-0.3, -0.25) is 4.79 Å². The van der Waals surface area contributed by atoms with Gasteiger partial charge in [0.1, 0.15) is 5.01 Å². The second kappa shape index (κ2) is 6.39. The number of nitrogens with one attached hydrogen (secondary N) is 1. The Morgan fingerprint density at radius 2 is 2.38 bits per heavy atom. The molecule has 1 heterocycles. The van der Waals surface area contributed by atoms with Crippen molar-refractivity contribution in [3.63, 3.8) is 0 Å². The predicted octanol–water partition coefficient (Wildman–Crippen LogP) is 0.724. The maximum Gasteiger partial charge on any atom is 0.222 e. The van der Waals surface area contributed by atoms with Crippen LogP contribution in [0.5, 0.6) is 0 Å². The highest BCUT2D eigenvalue weighted by Crippen LogP contribution is 2.18. The Labute approximate surface area is 98.2 Å². The first-order valence-electron chi connectivity index (χ1n) is 5.09. The van der Waals surface area contributed by atoms with Crippen LogP contribution in [0.4, 0.5) is 5.13 Å². The van der Waals surface area contributed by atoms with Crippen molar-refractivity contribution in [3.05, 3.63) is 5.01 Å². The zero-order valence-electron chi connectivity index (χ0n) is 9.40. The second-order valence-corrected chi connectivity index (χ2v) is 4.26. The fraction of sp³-hybridized carbons (Fsp3) is 0.667. The molecule has 0 aliphatic heterocycles. The third-order valence-electron chi connectivity index (χ3n) is 1.88. The van der Waals surface area contributed by atoms with Crippen molar-refractivity contribution in [3.8, 4) is 0 Å². The molecule has 0 spiro atoms. The molecule has 7 heteroatoms. The quantitative estimate of drug-likeness (QED) is 0.720. The predicted molar refractivity (Wildman–Crippen MR) is 62.0 cm³/mol. The molecule has 0 bridgehead atoms. The van der Waals surface area contributed by atoms with Gasteiger partial charge in [0.15, 0.2) is 0 Å². The maximum atomic E-state index is 11.4. The lowest BCUT2D eigenvalue weighted by atomic mass is 10.3. The monoisotopic (exact) mass is 244 g/mol. The molecule has 1 aromatic heterocycles. The average Bonchev–Trinajstić information content (AvgIpc) is 2.65. The molecule has 1 atom stereocenters. The number of nitrogens with two attached hydrogens (primary N) is 1. The number of carbonyl (C=O) groups excluding carboxylic acids is 1. The normalized spacial score (nSPS) is 12.4. The van der Waals surface area contributed by atoms with E-state index in [1.807, 2.05) is 13.8 Å². The Morgan fingerprint density at radius 3 is 2.94 bits per heavy atom. The van der Waals surface area contributed by atoms with Crippen molar-refractivity contribution in [2.24, 2.45) is 0 Å².